The van der Waals surface area contributed by atoms with Gasteiger partial charge in [0, 0.05) is 10.7 Å². The van der Waals surface area contributed by atoms with E-state index >= 15 is 0 Å². The van der Waals surface area contributed by atoms with Crippen LogP contribution < -0.4 is 10.1 Å². The second kappa shape index (κ2) is 10.00. The molecule has 1 N–H and O–H groups in total. The van der Waals surface area contributed by atoms with Crippen LogP contribution in [0.3, 0.4) is 0 Å². The molecule has 3 amide bonds. The van der Waals surface area contributed by atoms with Crippen LogP contribution in [0.25, 0.3) is 0 Å². The number of hydrogen-bond acceptors (Lipinski definition) is 4. The van der Waals surface area contributed by atoms with Crippen LogP contribution >= 0.6 is 46.4 Å². The second-order valence-corrected chi connectivity index (χ2v) is 12.9. The summed E-state index contributed by atoms with van der Waals surface area (Å²) in [4.78, 5) is 40.1. The molecule has 4 aromatic carbocycles. The van der Waals surface area contributed by atoms with Crippen molar-refractivity contribution in [2.45, 2.75) is 22.7 Å². The van der Waals surface area contributed by atoms with E-state index in [1.54, 1.807) is 42.5 Å². The van der Waals surface area contributed by atoms with E-state index in [-0.39, 0.29) is 0 Å². The molecule has 3 aliphatic carbocycles. The molecule has 4 aliphatic rings. The van der Waals surface area contributed by atoms with Crippen molar-refractivity contribution >= 4 is 69.8 Å². The quantitative estimate of drug-likeness (QED) is 0.177. The van der Waals surface area contributed by atoms with Gasteiger partial charge >= 0.3 is 0 Å². The van der Waals surface area contributed by atoms with Crippen molar-refractivity contribution in [3.8, 4) is 11.5 Å². The third kappa shape index (κ3) is 3.97. The highest BCUT2D eigenvalue weighted by Gasteiger charge is 2.73. The van der Waals surface area contributed by atoms with Crippen molar-refractivity contribution in [2.24, 2.45) is 11.8 Å². The number of carbonyl (C=O) groups excluding carboxylic acids is 3. The maximum Gasteiger partial charge on any atom is 0.247 e. The van der Waals surface area contributed by atoms with Crippen molar-refractivity contribution in [2.75, 3.05) is 5.32 Å². The van der Waals surface area contributed by atoms with Gasteiger partial charge in [-0.15, -0.1) is 23.2 Å². The van der Waals surface area contributed by atoms with Crippen LogP contribution in [0.5, 0.6) is 11.5 Å². The van der Waals surface area contributed by atoms with E-state index in [0.29, 0.717) is 49.5 Å². The Morgan fingerprint density at radius 3 is 1.74 bits per heavy atom. The number of amides is 3. The van der Waals surface area contributed by atoms with Gasteiger partial charge in [-0.2, -0.15) is 0 Å². The molecule has 1 heterocycles. The van der Waals surface area contributed by atoms with Crippen molar-refractivity contribution in [3.05, 3.63) is 123 Å². The molecule has 10 heteroatoms. The molecule has 1 aliphatic heterocycles. The smallest absolute Gasteiger partial charge is 0.247 e. The molecular formula is C33H22Cl4N2O4. The number of hydrogen-bond donors (Lipinski definition) is 1. The number of anilines is 1. The van der Waals surface area contributed by atoms with Gasteiger partial charge in [0.2, 0.25) is 17.7 Å². The van der Waals surface area contributed by atoms with Crippen LogP contribution in [0, 0.1) is 11.8 Å². The van der Waals surface area contributed by atoms with Crippen molar-refractivity contribution in [1.29, 1.82) is 0 Å². The molecule has 216 valence electrons. The Balaban J connectivity index is 1.16. The highest BCUT2D eigenvalue weighted by Crippen LogP contribution is 2.69. The summed E-state index contributed by atoms with van der Waals surface area (Å²) in [5.74, 6) is -2.62. The van der Waals surface area contributed by atoms with Crippen molar-refractivity contribution < 1.29 is 19.1 Å². The summed E-state index contributed by atoms with van der Waals surface area (Å²) in [6.07, 6.45) is 0. The molecule has 4 aromatic rings. The topological polar surface area (TPSA) is 75.7 Å². The first-order chi connectivity index (χ1) is 20.6. The lowest BCUT2D eigenvalue weighted by Gasteiger charge is -2.54. The fraction of sp³-hybridized carbons (Fsp3) is 0.182. The lowest BCUT2D eigenvalue weighted by Crippen LogP contribution is -2.57. The molecule has 0 aromatic heterocycles. The molecule has 1 saturated heterocycles. The van der Waals surface area contributed by atoms with E-state index in [1.807, 2.05) is 48.5 Å². The molecule has 43 heavy (non-hydrogen) atoms. The van der Waals surface area contributed by atoms with Gasteiger partial charge in [-0.1, -0.05) is 71.7 Å². The monoisotopic (exact) mass is 650 g/mol. The zero-order valence-corrected chi connectivity index (χ0v) is 25.5. The molecule has 0 saturated carbocycles. The Morgan fingerprint density at radius 2 is 1.28 bits per heavy atom. The van der Waals surface area contributed by atoms with E-state index in [2.05, 4.69) is 5.32 Å². The lowest BCUT2D eigenvalue weighted by molar-refractivity contribution is -0.146. The predicted molar refractivity (Wildman–Crippen MR) is 166 cm³/mol. The first kappa shape index (κ1) is 28.2. The fourth-order valence-electron chi connectivity index (χ4n) is 6.73. The fourth-order valence-corrected chi connectivity index (χ4v) is 8.27. The summed E-state index contributed by atoms with van der Waals surface area (Å²) in [5.41, 5.74) is 3.26. The highest BCUT2D eigenvalue weighted by atomic mass is 35.5. The van der Waals surface area contributed by atoms with Gasteiger partial charge in [0.1, 0.15) is 27.3 Å². The largest absolute Gasteiger partial charge is 0.456 e. The van der Waals surface area contributed by atoms with Gasteiger partial charge in [0.15, 0.2) is 0 Å². The number of ether oxygens (including phenoxy) is 1. The number of benzene rings is 4. The molecule has 0 radical (unpaired) electrons. The number of halogens is 4. The van der Waals surface area contributed by atoms with Crippen molar-refractivity contribution in [1.82, 2.24) is 4.90 Å². The van der Waals surface area contributed by atoms with Gasteiger partial charge in [0.05, 0.1) is 16.9 Å². The lowest BCUT2D eigenvalue weighted by atomic mass is 9.54. The van der Waals surface area contributed by atoms with Crippen LogP contribution in [0.2, 0.25) is 10.0 Å². The van der Waals surface area contributed by atoms with Crippen molar-refractivity contribution in [3.63, 3.8) is 0 Å². The number of alkyl halides is 2. The van der Waals surface area contributed by atoms with E-state index in [9.17, 15) is 14.4 Å². The Hall–Kier alpha value is -3.55. The Bertz CT molecular complexity index is 1720. The summed E-state index contributed by atoms with van der Waals surface area (Å²) in [7, 11) is 0. The predicted octanol–water partition coefficient (Wildman–Crippen LogP) is 7.71. The van der Waals surface area contributed by atoms with Crippen LogP contribution in [0.1, 0.15) is 29.2 Å². The Morgan fingerprint density at radius 1 is 0.791 bits per heavy atom. The zero-order valence-electron chi connectivity index (χ0n) is 22.5. The SMILES string of the molecule is C[C@H](C(=O)Nc1ccc(Oc2ccc(Cl)cc2Cl)cc1)N1C(=O)[C@@H]2[C@@H](C1=O)C1(Cl)c3ccccc3C2(Cl)c2ccccc21. The van der Waals surface area contributed by atoms with E-state index in [1.165, 1.54) is 6.92 Å². The molecule has 2 bridgehead atoms. The average molecular weight is 652 g/mol. The first-order valence-electron chi connectivity index (χ1n) is 13.6. The highest BCUT2D eigenvalue weighted by molar-refractivity contribution is 6.36. The molecule has 6 nitrogen and oxygen atoms in total. The van der Waals surface area contributed by atoms with Gasteiger partial charge < -0.3 is 10.1 Å². The summed E-state index contributed by atoms with van der Waals surface area (Å²) < 4.78 is 5.81. The van der Waals surface area contributed by atoms with Gasteiger partial charge in [-0.05, 0) is 71.6 Å². The molecule has 0 spiro atoms. The average Bonchev–Trinajstić information content (AvgIpc) is 3.28. The minimum atomic E-state index is -1.31. The summed E-state index contributed by atoms with van der Waals surface area (Å²) in [6.45, 7) is 1.52. The minimum Gasteiger partial charge on any atom is -0.456 e. The molecule has 3 atom stereocenters. The second-order valence-electron chi connectivity index (χ2n) is 10.9. The number of carbonyl (C=O) groups is 3. The van der Waals surface area contributed by atoms with E-state index in [4.69, 9.17) is 51.1 Å². The number of rotatable bonds is 5. The number of nitrogens with zero attached hydrogens (tertiary/aromatic N) is 1. The Kier molecular flexibility index (Phi) is 6.56. The summed E-state index contributed by atoms with van der Waals surface area (Å²) in [5, 5.41) is 3.64. The van der Waals surface area contributed by atoms with Gasteiger partial charge in [-0.25, -0.2) is 0 Å². The standard InChI is InChI=1S/C33H22Cl4N2O4/c1-17(29(40)38-19-11-13-20(14-12-19)43-26-15-10-18(34)16-25(26)35)39-30(41)27-28(31(39)42)33(37)22-7-3-2-6-21(22)32(27,36)23-8-4-5-9-24(23)33/h2-17,27-28H,1H3,(H,38,40)/t17-,27+,28+,32?,33?/m1/s1. The zero-order chi connectivity index (χ0) is 30.3. The maximum atomic E-state index is 14.1. The molecule has 1 fully saturated rings. The van der Waals surface area contributed by atoms with E-state index < -0.39 is 45.3 Å². The Labute approximate surface area is 267 Å². The minimum absolute atomic E-state index is 0.358. The third-order valence-corrected chi connectivity index (χ3v) is 10.4. The molecule has 8 rings (SSSR count). The summed E-state index contributed by atoms with van der Waals surface area (Å²) >= 11 is 27.1. The summed E-state index contributed by atoms with van der Waals surface area (Å²) in [6, 6.07) is 25.2. The first-order valence-corrected chi connectivity index (χ1v) is 15.1. The molecular weight excluding hydrogens is 630 g/mol. The van der Waals surface area contributed by atoms with Gasteiger partial charge in [0.25, 0.3) is 0 Å². The number of imide groups is 1. The van der Waals surface area contributed by atoms with Crippen LogP contribution in [-0.2, 0) is 24.1 Å². The van der Waals surface area contributed by atoms with Crippen LogP contribution in [0.4, 0.5) is 5.69 Å². The number of likely N-dealkylation sites (tertiary alicyclic amines) is 1. The number of nitrogens with one attached hydrogen (secondary N) is 1. The maximum absolute atomic E-state index is 14.1. The van der Waals surface area contributed by atoms with Crippen LogP contribution in [0.15, 0.2) is 91.0 Å². The van der Waals surface area contributed by atoms with E-state index in [0.717, 1.165) is 4.90 Å². The molecule has 0 unspecified atom stereocenters. The third-order valence-electron chi connectivity index (χ3n) is 8.63. The van der Waals surface area contributed by atoms with Crippen LogP contribution in [-0.4, -0.2) is 28.7 Å². The normalized spacial score (nSPS) is 25.6. The van der Waals surface area contributed by atoms with Gasteiger partial charge in [-0.3, -0.25) is 19.3 Å².